The number of anilines is 1. The Morgan fingerprint density at radius 1 is 1.03 bits per heavy atom. The Hall–Kier alpha value is -2.71. The molecule has 0 bridgehead atoms. The molecule has 2 saturated heterocycles. The Morgan fingerprint density at radius 3 is 2.36 bits per heavy atom. The van der Waals surface area contributed by atoms with Crippen LogP contribution < -0.4 is 10.2 Å². The molecule has 33 heavy (non-hydrogen) atoms. The first-order chi connectivity index (χ1) is 15.8. The molecule has 2 fully saturated rings. The molecule has 2 aromatic rings. The van der Waals surface area contributed by atoms with Crippen LogP contribution in [0.5, 0.6) is 0 Å². The van der Waals surface area contributed by atoms with Gasteiger partial charge in [0, 0.05) is 38.3 Å². The van der Waals surface area contributed by atoms with Crippen LogP contribution in [0.4, 0.5) is 5.69 Å². The van der Waals surface area contributed by atoms with Crippen LogP contribution in [-0.4, -0.2) is 50.7 Å². The van der Waals surface area contributed by atoms with Crippen LogP contribution in [0.25, 0.3) is 0 Å². The van der Waals surface area contributed by atoms with Gasteiger partial charge in [-0.2, -0.15) is 4.31 Å². The minimum atomic E-state index is -3.53. The third-order valence-electron chi connectivity index (χ3n) is 6.58. The number of hydrogen-bond donors (Lipinski definition) is 1. The number of piperidine rings is 1. The molecule has 2 aromatic carbocycles. The lowest BCUT2D eigenvalue weighted by Gasteiger charge is -2.29. The maximum absolute atomic E-state index is 12.9. The Morgan fingerprint density at radius 2 is 1.70 bits per heavy atom. The molecule has 2 aliphatic rings. The highest BCUT2D eigenvalue weighted by Gasteiger charge is 2.35. The van der Waals surface area contributed by atoms with E-state index in [4.69, 9.17) is 0 Å². The van der Waals surface area contributed by atoms with Gasteiger partial charge in [-0.1, -0.05) is 37.3 Å². The van der Waals surface area contributed by atoms with Gasteiger partial charge < -0.3 is 10.2 Å². The van der Waals surface area contributed by atoms with Crippen LogP contribution in [0.15, 0.2) is 59.5 Å². The SMILES string of the molecule is CC1CCN(S(=O)(=O)c2ccc(N3CC(C(=O)NCCc4ccccc4)CC3=O)cc2)CC1. The summed E-state index contributed by atoms with van der Waals surface area (Å²) in [5.41, 5.74) is 1.77. The fourth-order valence-electron chi connectivity index (χ4n) is 4.42. The molecule has 2 amide bonds. The summed E-state index contributed by atoms with van der Waals surface area (Å²) in [7, 11) is -3.53. The standard InChI is InChI=1S/C25H31N3O4S/c1-19-12-15-27(16-13-19)33(31,32)23-9-7-22(8-10-23)28-18-21(17-24(28)29)25(30)26-14-11-20-5-3-2-4-6-20/h2-10,19,21H,11-18H2,1H3,(H,26,30). The van der Waals surface area contributed by atoms with E-state index < -0.39 is 15.9 Å². The van der Waals surface area contributed by atoms with Gasteiger partial charge in [-0.3, -0.25) is 9.59 Å². The summed E-state index contributed by atoms with van der Waals surface area (Å²) in [4.78, 5) is 26.9. The first-order valence-electron chi connectivity index (χ1n) is 11.6. The Kier molecular flexibility index (Phi) is 7.14. The summed E-state index contributed by atoms with van der Waals surface area (Å²) in [6.45, 7) is 4.04. The average molecular weight is 470 g/mol. The molecule has 176 valence electrons. The van der Waals surface area contributed by atoms with E-state index in [9.17, 15) is 18.0 Å². The van der Waals surface area contributed by atoms with E-state index in [0.717, 1.165) is 24.8 Å². The topological polar surface area (TPSA) is 86.8 Å². The second-order valence-electron chi connectivity index (χ2n) is 9.01. The third-order valence-corrected chi connectivity index (χ3v) is 8.49. The second-order valence-corrected chi connectivity index (χ2v) is 11.0. The Labute approximate surface area is 195 Å². The van der Waals surface area contributed by atoms with Gasteiger partial charge in [-0.25, -0.2) is 8.42 Å². The van der Waals surface area contributed by atoms with Gasteiger partial charge in [0.2, 0.25) is 21.8 Å². The normalized spacial score (nSPS) is 20.2. The smallest absolute Gasteiger partial charge is 0.243 e. The van der Waals surface area contributed by atoms with E-state index in [0.29, 0.717) is 37.8 Å². The van der Waals surface area contributed by atoms with E-state index in [-0.39, 0.29) is 23.1 Å². The first kappa shape index (κ1) is 23.4. The first-order valence-corrected chi connectivity index (χ1v) is 13.0. The van der Waals surface area contributed by atoms with Crippen molar-refractivity contribution in [2.45, 2.75) is 37.5 Å². The summed E-state index contributed by atoms with van der Waals surface area (Å²) in [5, 5.41) is 2.93. The van der Waals surface area contributed by atoms with Crippen molar-refractivity contribution >= 4 is 27.5 Å². The highest BCUT2D eigenvalue weighted by Crippen LogP contribution is 2.28. The zero-order valence-electron chi connectivity index (χ0n) is 18.9. The molecule has 7 nitrogen and oxygen atoms in total. The number of carbonyl (C=O) groups excluding carboxylic acids is 2. The van der Waals surface area contributed by atoms with Crippen LogP contribution in [0.2, 0.25) is 0 Å². The van der Waals surface area contributed by atoms with Crippen LogP contribution in [0, 0.1) is 11.8 Å². The van der Waals surface area contributed by atoms with Gasteiger partial charge in [0.15, 0.2) is 0 Å². The molecule has 1 N–H and O–H groups in total. The molecule has 4 rings (SSSR count). The third kappa shape index (κ3) is 5.45. The predicted molar refractivity (Wildman–Crippen MR) is 127 cm³/mol. The fraction of sp³-hybridized carbons (Fsp3) is 0.440. The molecule has 0 aromatic heterocycles. The van der Waals surface area contributed by atoms with E-state index in [1.54, 1.807) is 33.5 Å². The highest BCUT2D eigenvalue weighted by atomic mass is 32.2. The lowest BCUT2D eigenvalue weighted by Crippen LogP contribution is -2.37. The molecule has 2 aliphatic heterocycles. The minimum Gasteiger partial charge on any atom is -0.355 e. The number of hydrogen-bond acceptors (Lipinski definition) is 4. The molecule has 2 heterocycles. The lowest BCUT2D eigenvalue weighted by atomic mass is 10.0. The lowest BCUT2D eigenvalue weighted by molar-refractivity contribution is -0.126. The van der Waals surface area contributed by atoms with Crippen molar-refractivity contribution in [3.8, 4) is 0 Å². The fourth-order valence-corrected chi connectivity index (χ4v) is 5.89. The number of rotatable bonds is 7. The van der Waals surface area contributed by atoms with E-state index in [1.807, 2.05) is 30.3 Å². The maximum atomic E-state index is 12.9. The van der Waals surface area contributed by atoms with Crippen molar-refractivity contribution in [3.05, 3.63) is 60.2 Å². The van der Waals surface area contributed by atoms with Crippen LogP contribution in [-0.2, 0) is 26.0 Å². The van der Waals surface area contributed by atoms with Crippen molar-refractivity contribution in [1.82, 2.24) is 9.62 Å². The van der Waals surface area contributed by atoms with Gasteiger partial charge in [-0.05, 0) is 55.0 Å². The molecule has 0 radical (unpaired) electrons. The van der Waals surface area contributed by atoms with Gasteiger partial charge in [0.1, 0.15) is 0 Å². The molecule has 0 spiro atoms. The molecular formula is C25H31N3O4S. The van der Waals surface area contributed by atoms with Gasteiger partial charge in [0.05, 0.1) is 10.8 Å². The van der Waals surface area contributed by atoms with Gasteiger partial charge in [0.25, 0.3) is 0 Å². The van der Waals surface area contributed by atoms with Gasteiger partial charge >= 0.3 is 0 Å². The summed E-state index contributed by atoms with van der Waals surface area (Å²) < 4.78 is 27.4. The summed E-state index contributed by atoms with van der Waals surface area (Å²) in [6.07, 6.45) is 2.63. The molecular weight excluding hydrogens is 438 g/mol. The van der Waals surface area contributed by atoms with Crippen LogP contribution >= 0.6 is 0 Å². The Bertz CT molecular complexity index is 1080. The van der Waals surface area contributed by atoms with Crippen LogP contribution in [0.3, 0.4) is 0 Å². The summed E-state index contributed by atoms with van der Waals surface area (Å²) >= 11 is 0. The average Bonchev–Trinajstić information content (AvgIpc) is 3.22. The molecule has 1 atom stereocenters. The van der Waals surface area contributed by atoms with Crippen molar-refractivity contribution in [1.29, 1.82) is 0 Å². The van der Waals surface area contributed by atoms with E-state index in [2.05, 4.69) is 12.2 Å². The van der Waals surface area contributed by atoms with Crippen molar-refractivity contribution in [3.63, 3.8) is 0 Å². The number of nitrogens with zero attached hydrogens (tertiary/aromatic N) is 2. The number of carbonyl (C=O) groups is 2. The zero-order valence-corrected chi connectivity index (χ0v) is 19.8. The second kappa shape index (κ2) is 10.1. The number of nitrogens with one attached hydrogen (secondary N) is 1. The maximum Gasteiger partial charge on any atom is 0.243 e. The quantitative estimate of drug-likeness (QED) is 0.676. The minimum absolute atomic E-state index is 0.125. The predicted octanol–water partition coefficient (Wildman–Crippen LogP) is 2.82. The van der Waals surface area contributed by atoms with Crippen molar-refractivity contribution in [2.75, 3.05) is 31.1 Å². The zero-order chi connectivity index (χ0) is 23.4. The molecule has 1 unspecified atom stereocenters. The summed E-state index contributed by atoms with van der Waals surface area (Å²) in [6, 6.07) is 16.4. The number of sulfonamides is 1. The monoisotopic (exact) mass is 469 g/mol. The molecule has 8 heteroatoms. The largest absolute Gasteiger partial charge is 0.355 e. The highest BCUT2D eigenvalue weighted by molar-refractivity contribution is 7.89. The van der Waals surface area contributed by atoms with E-state index in [1.165, 1.54) is 0 Å². The van der Waals surface area contributed by atoms with E-state index >= 15 is 0 Å². The van der Waals surface area contributed by atoms with Crippen molar-refractivity contribution < 1.29 is 18.0 Å². The Balaban J connectivity index is 1.34. The number of benzene rings is 2. The number of amides is 2. The van der Waals surface area contributed by atoms with Gasteiger partial charge in [-0.15, -0.1) is 0 Å². The summed E-state index contributed by atoms with van der Waals surface area (Å²) in [5.74, 6) is -0.116. The molecule has 0 saturated carbocycles. The molecule has 0 aliphatic carbocycles. The van der Waals surface area contributed by atoms with Crippen LogP contribution in [0.1, 0.15) is 31.7 Å². The van der Waals surface area contributed by atoms with Crippen molar-refractivity contribution in [2.24, 2.45) is 11.8 Å².